The fraction of sp³-hybridized carbons (Fsp3) is 0.300. The molecule has 0 aliphatic carbocycles. The van der Waals surface area contributed by atoms with E-state index in [1.807, 2.05) is 43.3 Å². The highest BCUT2D eigenvalue weighted by atomic mass is 16.5. The molecule has 2 aromatic carbocycles. The highest BCUT2D eigenvalue weighted by Gasteiger charge is 2.16. The molecule has 0 aliphatic heterocycles. The fourth-order valence-electron chi connectivity index (χ4n) is 2.74. The van der Waals surface area contributed by atoms with Crippen molar-refractivity contribution in [3.8, 4) is 17.2 Å². The maximum absolute atomic E-state index is 12.4. The number of benzene rings is 2. The molecule has 3 rings (SSSR count). The van der Waals surface area contributed by atoms with Crippen LogP contribution in [0.3, 0.4) is 0 Å². The molecule has 1 aromatic heterocycles. The molecule has 152 valence electrons. The molecular formula is C20H23N5O4. The van der Waals surface area contributed by atoms with Crippen molar-refractivity contribution in [2.45, 2.75) is 26.1 Å². The minimum Gasteiger partial charge on any atom is -0.497 e. The van der Waals surface area contributed by atoms with Crippen LogP contribution in [0, 0.1) is 0 Å². The number of amides is 1. The summed E-state index contributed by atoms with van der Waals surface area (Å²) in [6.07, 6.45) is 0. The molecule has 3 aromatic rings. The number of aromatic nitrogens is 4. The molecule has 0 unspecified atom stereocenters. The molecule has 1 heterocycles. The minimum atomic E-state index is -0.294. The van der Waals surface area contributed by atoms with Gasteiger partial charge in [-0.2, -0.15) is 4.80 Å². The van der Waals surface area contributed by atoms with Gasteiger partial charge in [0.2, 0.25) is 11.7 Å². The quantitative estimate of drug-likeness (QED) is 0.590. The summed E-state index contributed by atoms with van der Waals surface area (Å²) < 4.78 is 16.2. The molecule has 0 saturated carbocycles. The average molecular weight is 397 g/mol. The van der Waals surface area contributed by atoms with E-state index in [9.17, 15) is 4.79 Å². The summed E-state index contributed by atoms with van der Waals surface area (Å²) in [7, 11) is 3.17. The van der Waals surface area contributed by atoms with E-state index in [0.717, 1.165) is 5.56 Å². The van der Waals surface area contributed by atoms with Gasteiger partial charge in [-0.3, -0.25) is 4.79 Å². The molecule has 9 heteroatoms. The highest BCUT2D eigenvalue weighted by Crippen LogP contribution is 2.29. The van der Waals surface area contributed by atoms with Crippen LogP contribution in [0.4, 0.5) is 0 Å². The van der Waals surface area contributed by atoms with Crippen molar-refractivity contribution in [2.24, 2.45) is 0 Å². The predicted octanol–water partition coefficient (Wildman–Crippen LogP) is 2.15. The largest absolute Gasteiger partial charge is 0.497 e. The van der Waals surface area contributed by atoms with Gasteiger partial charge in [0.25, 0.3) is 0 Å². The summed E-state index contributed by atoms with van der Waals surface area (Å²) in [6, 6.07) is 14.5. The monoisotopic (exact) mass is 397 g/mol. The molecule has 29 heavy (non-hydrogen) atoms. The summed E-state index contributed by atoms with van der Waals surface area (Å²) in [6.45, 7) is 1.97. The SMILES string of the molecule is COc1ccc(OC)c([C@H](C)NC(=O)Cn2nnc(COc3ccccc3)n2)c1. The topological polar surface area (TPSA) is 100 Å². The number of methoxy groups -OCH3 is 2. The molecular weight excluding hydrogens is 374 g/mol. The van der Waals surface area contributed by atoms with Crippen LogP contribution < -0.4 is 19.5 Å². The van der Waals surface area contributed by atoms with E-state index in [4.69, 9.17) is 14.2 Å². The Labute approximate surface area is 168 Å². The van der Waals surface area contributed by atoms with Gasteiger partial charge in [-0.25, -0.2) is 0 Å². The second-order valence-electron chi connectivity index (χ2n) is 6.23. The molecule has 1 amide bonds. The number of nitrogens with one attached hydrogen (secondary N) is 1. The van der Waals surface area contributed by atoms with E-state index < -0.39 is 0 Å². The molecule has 9 nitrogen and oxygen atoms in total. The Morgan fingerprint density at radius 3 is 2.62 bits per heavy atom. The van der Waals surface area contributed by atoms with Crippen LogP contribution in [-0.2, 0) is 17.9 Å². The van der Waals surface area contributed by atoms with Gasteiger partial charge >= 0.3 is 0 Å². The van der Waals surface area contributed by atoms with Crippen molar-refractivity contribution < 1.29 is 19.0 Å². The minimum absolute atomic E-state index is 0.0606. The van der Waals surface area contributed by atoms with Crippen molar-refractivity contribution in [3.05, 3.63) is 59.9 Å². The van der Waals surface area contributed by atoms with Crippen molar-refractivity contribution in [2.75, 3.05) is 14.2 Å². The Bertz CT molecular complexity index is 945. The molecule has 1 atom stereocenters. The van der Waals surface area contributed by atoms with E-state index in [1.54, 1.807) is 26.4 Å². The molecule has 0 fully saturated rings. The van der Waals surface area contributed by atoms with Crippen molar-refractivity contribution in [3.63, 3.8) is 0 Å². The number of tetrazole rings is 1. The van der Waals surface area contributed by atoms with Gasteiger partial charge < -0.3 is 19.5 Å². The number of ether oxygens (including phenoxy) is 3. The average Bonchev–Trinajstić information content (AvgIpc) is 3.19. The maximum Gasteiger partial charge on any atom is 0.244 e. The Balaban J connectivity index is 1.56. The van der Waals surface area contributed by atoms with E-state index in [0.29, 0.717) is 23.1 Å². The first-order chi connectivity index (χ1) is 14.1. The molecule has 0 bridgehead atoms. The van der Waals surface area contributed by atoms with Crippen LogP contribution in [0.15, 0.2) is 48.5 Å². The molecule has 0 saturated heterocycles. The smallest absolute Gasteiger partial charge is 0.244 e. The number of hydrogen-bond donors (Lipinski definition) is 1. The van der Waals surface area contributed by atoms with Crippen LogP contribution in [0.5, 0.6) is 17.2 Å². The first kappa shape index (κ1) is 20.1. The van der Waals surface area contributed by atoms with Gasteiger partial charge in [-0.15, -0.1) is 10.2 Å². The predicted molar refractivity (Wildman–Crippen MR) is 105 cm³/mol. The molecule has 0 radical (unpaired) electrons. The van der Waals surface area contributed by atoms with E-state index in [-0.39, 0.29) is 25.1 Å². The number of carbonyl (C=O) groups excluding carboxylic acids is 1. The zero-order valence-electron chi connectivity index (χ0n) is 16.5. The van der Waals surface area contributed by atoms with Crippen LogP contribution >= 0.6 is 0 Å². The summed E-state index contributed by atoms with van der Waals surface area (Å²) in [5.74, 6) is 2.20. The van der Waals surface area contributed by atoms with Crippen molar-refractivity contribution in [1.82, 2.24) is 25.5 Å². The lowest BCUT2D eigenvalue weighted by molar-refractivity contribution is -0.122. The summed E-state index contributed by atoms with van der Waals surface area (Å²) >= 11 is 0. The number of hydrogen-bond acceptors (Lipinski definition) is 7. The molecule has 1 N–H and O–H groups in total. The van der Waals surface area contributed by atoms with Gasteiger partial charge in [0.1, 0.15) is 23.8 Å². The number of para-hydroxylation sites is 1. The number of carbonyl (C=O) groups is 1. The maximum atomic E-state index is 12.4. The van der Waals surface area contributed by atoms with Gasteiger partial charge in [0, 0.05) is 5.56 Å². The van der Waals surface area contributed by atoms with Gasteiger partial charge in [0.05, 0.1) is 20.3 Å². The van der Waals surface area contributed by atoms with Crippen LogP contribution in [0.1, 0.15) is 24.4 Å². The highest BCUT2D eigenvalue weighted by molar-refractivity contribution is 5.76. The summed E-state index contributed by atoms with van der Waals surface area (Å²) in [5, 5.41) is 14.9. The fourth-order valence-corrected chi connectivity index (χ4v) is 2.74. The van der Waals surface area contributed by atoms with Crippen molar-refractivity contribution >= 4 is 5.91 Å². The van der Waals surface area contributed by atoms with Crippen LogP contribution in [0.2, 0.25) is 0 Å². The second kappa shape index (κ2) is 9.54. The summed E-state index contributed by atoms with van der Waals surface area (Å²) in [5.41, 5.74) is 0.809. The van der Waals surface area contributed by atoms with E-state index in [1.165, 1.54) is 4.80 Å². The van der Waals surface area contributed by atoms with Crippen LogP contribution in [0.25, 0.3) is 0 Å². The second-order valence-corrected chi connectivity index (χ2v) is 6.23. The molecule has 0 aliphatic rings. The van der Waals surface area contributed by atoms with E-state index >= 15 is 0 Å². The summed E-state index contributed by atoms with van der Waals surface area (Å²) in [4.78, 5) is 13.6. The lowest BCUT2D eigenvalue weighted by Crippen LogP contribution is -2.31. The Morgan fingerprint density at radius 2 is 1.90 bits per heavy atom. The Kier molecular flexibility index (Phi) is 6.62. The first-order valence-electron chi connectivity index (χ1n) is 9.05. The Hall–Kier alpha value is -3.62. The normalized spacial score (nSPS) is 11.6. The lowest BCUT2D eigenvalue weighted by atomic mass is 10.1. The number of nitrogens with zero attached hydrogens (tertiary/aromatic N) is 4. The third kappa shape index (κ3) is 5.44. The van der Waals surface area contributed by atoms with Gasteiger partial charge in [-0.1, -0.05) is 18.2 Å². The van der Waals surface area contributed by atoms with Gasteiger partial charge in [0.15, 0.2) is 6.61 Å². The standard InChI is InChI=1S/C20H23N5O4/c1-14(17-11-16(27-2)9-10-18(17)28-3)21-20(26)12-25-23-19(22-24-25)13-29-15-7-5-4-6-8-15/h4-11,14H,12-13H2,1-3H3,(H,21,26)/t14-/m0/s1. The van der Waals surface area contributed by atoms with E-state index in [2.05, 4.69) is 20.7 Å². The third-order valence-electron chi connectivity index (χ3n) is 4.17. The van der Waals surface area contributed by atoms with Crippen molar-refractivity contribution in [1.29, 1.82) is 0 Å². The van der Waals surface area contributed by atoms with Crippen LogP contribution in [-0.4, -0.2) is 40.3 Å². The zero-order chi connectivity index (χ0) is 20.6. The number of rotatable bonds is 9. The molecule has 0 spiro atoms. The lowest BCUT2D eigenvalue weighted by Gasteiger charge is -2.18. The van der Waals surface area contributed by atoms with Gasteiger partial charge in [-0.05, 0) is 42.5 Å². The first-order valence-corrected chi connectivity index (χ1v) is 9.05. The zero-order valence-corrected chi connectivity index (χ0v) is 16.5. The third-order valence-corrected chi connectivity index (χ3v) is 4.17. The Morgan fingerprint density at radius 1 is 1.10 bits per heavy atom.